The number of halogens is 3. The van der Waals surface area contributed by atoms with Crippen LogP contribution in [0.25, 0.3) is 0 Å². The topological polar surface area (TPSA) is 54.9 Å². The van der Waals surface area contributed by atoms with Crippen molar-refractivity contribution in [2.75, 3.05) is 33.4 Å². The molecule has 0 saturated heterocycles. The van der Waals surface area contributed by atoms with E-state index in [0.717, 1.165) is 44.6 Å². The molecule has 1 rings (SSSR count). The molecule has 1 aromatic rings. The monoisotopic (exact) mass is 485 g/mol. The number of benzene rings is 1. The van der Waals surface area contributed by atoms with Gasteiger partial charge in [0.15, 0.2) is 5.96 Å². The highest BCUT2D eigenvalue weighted by Gasteiger charge is 2.04. The van der Waals surface area contributed by atoms with Crippen LogP contribution in [0.2, 0.25) is 0 Å². The first-order valence-corrected chi connectivity index (χ1v) is 8.67. The van der Waals surface area contributed by atoms with Crippen LogP contribution in [0, 0.1) is 0 Å². The maximum Gasteiger partial charge on any atom is 0.272 e. The maximum absolute atomic E-state index is 12.2. The summed E-state index contributed by atoms with van der Waals surface area (Å²) < 4.78 is 34.9. The third kappa shape index (κ3) is 12.2. The van der Waals surface area contributed by atoms with Gasteiger partial charge in [0.2, 0.25) is 0 Å². The minimum absolute atomic E-state index is 0. The van der Waals surface area contributed by atoms with Crippen molar-refractivity contribution in [3.05, 3.63) is 29.8 Å². The molecular formula is C18H30F2IN3O2. The van der Waals surface area contributed by atoms with Crippen LogP contribution in [0.4, 0.5) is 8.78 Å². The number of nitrogens with zero attached hydrogens (tertiary/aromatic N) is 1. The van der Waals surface area contributed by atoms with Gasteiger partial charge in [0, 0.05) is 33.4 Å². The number of alkyl halides is 2. The number of nitrogens with one attached hydrogen (secondary N) is 2. The normalized spacial score (nSPS) is 11.2. The van der Waals surface area contributed by atoms with Crippen molar-refractivity contribution in [1.82, 2.24) is 10.6 Å². The zero-order valence-electron chi connectivity index (χ0n) is 15.5. The molecule has 26 heavy (non-hydrogen) atoms. The Labute approximate surface area is 172 Å². The van der Waals surface area contributed by atoms with Crippen molar-refractivity contribution in [1.29, 1.82) is 0 Å². The Hall–Kier alpha value is -1.16. The highest BCUT2D eigenvalue weighted by atomic mass is 127. The highest BCUT2D eigenvalue weighted by molar-refractivity contribution is 14.0. The summed E-state index contributed by atoms with van der Waals surface area (Å²) in [6.07, 6.45) is 0.664. The molecule has 0 atom stereocenters. The fourth-order valence-electron chi connectivity index (χ4n) is 2.04. The van der Waals surface area contributed by atoms with E-state index in [1.54, 1.807) is 25.2 Å². The number of unbranched alkanes of at least 4 members (excludes halogenated alkanes) is 1. The molecule has 1 aromatic carbocycles. The third-order valence-corrected chi connectivity index (χ3v) is 3.36. The van der Waals surface area contributed by atoms with Crippen LogP contribution in [0.15, 0.2) is 29.3 Å². The predicted octanol–water partition coefficient (Wildman–Crippen LogP) is 3.82. The van der Waals surface area contributed by atoms with Crippen molar-refractivity contribution in [2.45, 2.75) is 39.2 Å². The molecule has 0 unspecified atom stereocenters. The summed E-state index contributed by atoms with van der Waals surface area (Å²) in [5, 5.41) is 6.40. The van der Waals surface area contributed by atoms with Crippen molar-refractivity contribution in [3.63, 3.8) is 0 Å². The van der Waals surface area contributed by atoms with Crippen molar-refractivity contribution in [2.24, 2.45) is 4.99 Å². The van der Waals surface area contributed by atoms with Gasteiger partial charge in [-0.3, -0.25) is 4.99 Å². The smallest absolute Gasteiger partial charge is 0.272 e. The minimum atomic E-state index is -2.48. The van der Waals surface area contributed by atoms with Crippen molar-refractivity contribution < 1.29 is 18.3 Å². The molecule has 0 aliphatic carbocycles. The van der Waals surface area contributed by atoms with Crippen LogP contribution in [0.5, 0.6) is 5.75 Å². The third-order valence-electron chi connectivity index (χ3n) is 3.36. The highest BCUT2D eigenvalue weighted by Crippen LogP contribution is 2.14. The summed E-state index contributed by atoms with van der Waals surface area (Å²) in [4.78, 5) is 4.16. The van der Waals surface area contributed by atoms with Crippen LogP contribution < -0.4 is 15.4 Å². The Kier molecular flexibility index (Phi) is 15.3. The Morgan fingerprint density at radius 2 is 1.96 bits per heavy atom. The van der Waals surface area contributed by atoms with E-state index in [9.17, 15) is 8.78 Å². The minimum Gasteiger partial charge on any atom is -0.488 e. The molecule has 0 amide bonds. The van der Waals surface area contributed by atoms with Crippen LogP contribution in [0.3, 0.4) is 0 Å². The molecule has 0 fully saturated rings. The summed E-state index contributed by atoms with van der Waals surface area (Å²) in [6, 6.07) is 7.08. The van der Waals surface area contributed by atoms with Gasteiger partial charge < -0.3 is 20.1 Å². The predicted molar refractivity (Wildman–Crippen MR) is 112 cm³/mol. The van der Waals surface area contributed by atoms with Gasteiger partial charge in [-0.05, 0) is 30.5 Å². The molecule has 0 aromatic heterocycles. The van der Waals surface area contributed by atoms with Gasteiger partial charge in [0.05, 0.1) is 0 Å². The molecule has 0 aliphatic rings. The lowest BCUT2D eigenvalue weighted by Crippen LogP contribution is -2.37. The summed E-state index contributed by atoms with van der Waals surface area (Å²) in [6.45, 7) is 4.38. The largest absolute Gasteiger partial charge is 0.488 e. The Balaban J connectivity index is 0.00000625. The first-order chi connectivity index (χ1) is 12.2. The van der Waals surface area contributed by atoms with Gasteiger partial charge in [-0.1, -0.05) is 25.5 Å². The molecule has 8 heteroatoms. The number of ether oxygens (including phenoxy) is 2. The molecule has 0 bridgehead atoms. The molecule has 0 aliphatic heterocycles. The van der Waals surface area contributed by atoms with E-state index in [2.05, 4.69) is 22.5 Å². The average Bonchev–Trinajstić information content (AvgIpc) is 2.62. The molecule has 0 heterocycles. The number of hydrogen-bond donors (Lipinski definition) is 2. The quantitative estimate of drug-likeness (QED) is 0.205. The standard InChI is InChI=1S/C18H29F2N3O2.HI/c1-3-4-10-24-11-6-9-22-18(21-2)23-13-15-7-5-8-16(12-15)25-14-17(19)20;/h5,7-8,12,17H,3-4,6,9-11,13-14H2,1-2H3,(H2,21,22,23);1H. The average molecular weight is 485 g/mol. The summed E-state index contributed by atoms with van der Waals surface area (Å²) >= 11 is 0. The van der Waals surface area contributed by atoms with Gasteiger partial charge in [-0.25, -0.2) is 8.78 Å². The molecule has 0 spiro atoms. The molecule has 0 radical (unpaired) electrons. The Morgan fingerprint density at radius 1 is 1.19 bits per heavy atom. The van der Waals surface area contributed by atoms with E-state index < -0.39 is 13.0 Å². The first kappa shape index (κ1) is 24.8. The lowest BCUT2D eigenvalue weighted by Gasteiger charge is -2.13. The molecule has 2 N–H and O–H groups in total. The summed E-state index contributed by atoms with van der Waals surface area (Å²) in [7, 11) is 1.70. The zero-order valence-corrected chi connectivity index (χ0v) is 17.8. The summed E-state index contributed by atoms with van der Waals surface area (Å²) in [5.41, 5.74) is 0.928. The lowest BCUT2D eigenvalue weighted by atomic mass is 10.2. The van der Waals surface area contributed by atoms with E-state index in [1.807, 2.05) is 6.07 Å². The molecule has 5 nitrogen and oxygen atoms in total. The van der Waals surface area contributed by atoms with Gasteiger partial charge in [-0.2, -0.15) is 0 Å². The zero-order chi connectivity index (χ0) is 18.3. The lowest BCUT2D eigenvalue weighted by molar-refractivity contribution is 0.0818. The molecule has 150 valence electrons. The first-order valence-electron chi connectivity index (χ1n) is 8.67. The fourth-order valence-corrected chi connectivity index (χ4v) is 2.04. The fraction of sp³-hybridized carbons (Fsp3) is 0.611. The van der Waals surface area contributed by atoms with Gasteiger partial charge in [-0.15, -0.1) is 24.0 Å². The molecule has 0 saturated carbocycles. The van der Waals surface area contributed by atoms with Crippen LogP contribution in [-0.4, -0.2) is 45.8 Å². The van der Waals surface area contributed by atoms with E-state index in [0.29, 0.717) is 18.3 Å². The van der Waals surface area contributed by atoms with E-state index >= 15 is 0 Å². The SMILES string of the molecule is CCCCOCCCNC(=NC)NCc1cccc(OCC(F)F)c1.I. The van der Waals surface area contributed by atoms with Crippen molar-refractivity contribution >= 4 is 29.9 Å². The molecular weight excluding hydrogens is 455 g/mol. The second-order valence-electron chi connectivity index (χ2n) is 5.52. The van der Waals surface area contributed by atoms with Crippen LogP contribution in [-0.2, 0) is 11.3 Å². The maximum atomic E-state index is 12.2. The number of rotatable bonds is 12. The second-order valence-corrected chi connectivity index (χ2v) is 5.52. The van der Waals surface area contributed by atoms with E-state index in [1.165, 1.54) is 0 Å². The van der Waals surface area contributed by atoms with E-state index in [-0.39, 0.29) is 24.0 Å². The van der Waals surface area contributed by atoms with E-state index in [4.69, 9.17) is 9.47 Å². The number of hydrogen-bond acceptors (Lipinski definition) is 3. The van der Waals surface area contributed by atoms with Gasteiger partial charge in [0.1, 0.15) is 12.4 Å². The van der Waals surface area contributed by atoms with Gasteiger partial charge in [0.25, 0.3) is 6.43 Å². The number of guanidine groups is 1. The van der Waals surface area contributed by atoms with Crippen LogP contribution in [0.1, 0.15) is 31.7 Å². The number of aliphatic imine (C=N–C) groups is 1. The van der Waals surface area contributed by atoms with Crippen molar-refractivity contribution in [3.8, 4) is 5.75 Å². The van der Waals surface area contributed by atoms with Crippen LogP contribution >= 0.6 is 24.0 Å². The Morgan fingerprint density at radius 3 is 2.65 bits per heavy atom. The Bertz CT molecular complexity index is 505. The second kappa shape index (κ2) is 16.0. The summed E-state index contributed by atoms with van der Waals surface area (Å²) in [5.74, 6) is 1.12. The van der Waals surface area contributed by atoms with Gasteiger partial charge >= 0.3 is 0 Å².